The van der Waals surface area contributed by atoms with Crippen LogP contribution in [0, 0.1) is 6.92 Å². The predicted octanol–water partition coefficient (Wildman–Crippen LogP) is 2.86. The van der Waals surface area contributed by atoms with Crippen molar-refractivity contribution in [3.63, 3.8) is 0 Å². The molecule has 0 saturated heterocycles. The van der Waals surface area contributed by atoms with Crippen molar-refractivity contribution in [1.29, 1.82) is 0 Å². The van der Waals surface area contributed by atoms with Gasteiger partial charge in [0.05, 0.1) is 5.75 Å². The molecule has 0 aliphatic rings. The Morgan fingerprint density at radius 3 is 2.71 bits per heavy atom. The van der Waals surface area contributed by atoms with E-state index in [2.05, 4.69) is 19.9 Å². The molecule has 1 rings (SSSR count). The molecule has 0 aliphatic heterocycles. The highest BCUT2D eigenvalue weighted by atomic mass is 32.2. The Morgan fingerprint density at radius 2 is 2.07 bits per heavy atom. The van der Waals surface area contributed by atoms with Gasteiger partial charge in [0.25, 0.3) is 0 Å². The lowest BCUT2D eigenvalue weighted by Gasteiger charge is -2.03. The number of carbonyl (C=O) groups excluding carboxylic acids is 1. The molecule has 76 valence electrons. The van der Waals surface area contributed by atoms with Crippen molar-refractivity contribution in [1.82, 2.24) is 0 Å². The number of Topliss-reactive ketones (excluding diaryl/α,β-unsaturated/α-hetero) is 1. The van der Waals surface area contributed by atoms with Crippen molar-refractivity contribution >= 4 is 17.5 Å². The average molecular weight is 208 g/mol. The van der Waals surface area contributed by atoms with Crippen LogP contribution in [0.1, 0.15) is 18.1 Å². The van der Waals surface area contributed by atoms with Gasteiger partial charge in [-0.05, 0) is 23.8 Å². The van der Waals surface area contributed by atoms with Crippen molar-refractivity contribution in [2.75, 3.05) is 11.5 Å². The quantitative estimate of drug-likeness (QED) is 0.740. The van der Waals surface area contributed by atoms with Crippen LogP contribution in [-0.4, -0.2) is 17.3 Å². The molecule has 14 heavy (non-hydrogen) atoms. The molecule has 0 amide bonds. The molecular weight excluding hydrogens is 192 g/mol. The Morgan fingerprint density at radius 1 is 1.36 bits per heavy atom. The summed E-state index contributed by atoms with van der Waals surface area (Å²) in [6.45, 7) is 4.13. The molecule has 0 radical (unpaired) electrons. The fourth-order valence-electron chi connectivity index (χ4n) is 1.29. The third-order valence-electron chi connectivity index (χ3n) is 2.12. The molecule has 1 aromatic rings. The molecule has 0 bridgehead atoms. The molecule has 0 fully saturated rings. The van der Waals surface area contributed by atoms with Crippen LogP contribution >= 0.6 is 11.8 Å². The Labute approximate surface area is 89.9 Å². The minimum atomic E-state index is 0.325. The van der Waals surface area contributed by atoms with Crippen molar-refractivity contribution in [2.24, 2.45) is 0 Å². The van der Waals surface area contributed by atoms with E-state index in [0.29, 0.717) is 18.0 Å². The molecule has 0 spiro atoms. The van der Waals surface area contributed by atoms with E-state index in [0.717, 1.165) is 11.3 Å². The number of thioether (sulfide) groups is 1. The molecule has 0 N–H and O–H groups in total. The normalized spacial score (nSPS) is 10.1. The maximum Gasteiger partial charge on any atom is 0.147 e. The molecule has 0 heterocycles. The van der Waals surface area contributed by atoms with Crippen LogP contribution in [-0.2, 0) is 11.2 Å². The van der Waals surface area contributed by atoms with Gasteiger partial charge in [0.1, 0.15) is 5.78 Å². The van der Waals surface area contributed by atoms with E-state index in [1.165, 1.54) is 5.56 Å². The fourth-order valence-corrected chi connectivity index (χ4v) is 1.82. The van der Waals surface area contributed by atoms with Crippen molar-refractivity contribution in [3.05, 3.63) is 35.4 Å². The largest absolute Gasteiger partial charge is 0.298 e. The van der Waals surface area contributed by atoms with E-state index in [4.69, 9.17) is 0 Å². The average Bonchev–Trinajstić information content (AvgIpc) is 2.18. The van der Waals surface area contributed by atoms with Crippen molar-refractivity contribution in [3.8, 4) is 0 Å². The monoisotopic (exact) mass is 208 g/mol. The van der Waals surface area contributed by atoms with Crippen LogP contribution in [0.2, 0.25) is 0 Å². The smallest absolute Gasteiger partial charge is 0.147 e. The second-order valence-corrected chi connectivity index (χ2v) is 4.55. The first-order valence-corrected chi connectivity index (χ1v) is 6.03. The lowest BCUT2D eigenvalue weighted by atomic mass is 10.0. The van der Waals surface area contributed by atoms with Crippen LogP contribution in [0.4, 0.5) is 0 Å². The SMILES string of the molecule is CCSCC(=O)Cc1ccccc1C. The highest BCUT2D eigenvalue weighted by molar-refractivity contribution is 7.99. The number of carbonyl (C=O) groups is 1. The van der Waals surface area contributed by atoms with Crippen LogP contribution in [0.15, 0.2) is 24.3 Å². The molecule has 1 nitrogen and oxygen atoms in total. The minimum Gasteiger partial charge on any atom is -0.298 e. The van der Waals surface area contributed by atoms with Gasteiger partial charge in [-0.15, -0.1) is 0 Å². The number of benzene rings is 1. The molecule has 0 aliphatic carbocycles. The zero-order valence-electron chi connectivity index (χ0n) is 8.75. The topological polar surface area (TPSA) is 17.1 Å². The third kappa shape index (κ3) is 3.54. The maximum absolute atomic E-state index is 11.5. The summed E-state index contributed by atoms with van der Waals surface area (Å²) in [5, 5.41) is 0. The minimum absolute atomic E-state index is 0.325. The second kappa shape index (κ2) is 5.86. The maximum atomic E-state index is 11.5. The first-order chi connectivity index (χ1) is 6.74. The first-order valence-electron chi connectivity index (χ1n) is 4.88. The lowest BCUT2D eigenvalue weighted by Crippen LogP contribution is -2.06. The summed E-state index contributed by atoms with van der Waals surface area (Å²) < 4.78 is 0. The number of hydrogen-bond donors (Lipinski definition) is 0. The molecule has 0 unspecified atom stereocenters. The number of ketones is 1. The van der Waals surface area contributed by atoms with Gasteiger partial charge in [-0.2, -0.15) is 11.8 Å². The Balaban J connectivity index is 2.52. The zero-order valence-corrected chi connectivity index (χ0v) is 9.56. The highest BCUT2D eigenvalue weighted by Gasteiger charge is 2.04. The summed E-state index contributed by atoms with van der Waals surface area (Å²) in [6, 6.07) is 8.08. The van der Waals surface area contributed by atoms with Gasteiger partial charge in [0.2, 0.25) is 0 Å². The number of rotatable bonds is 5. The van der Waals surface area contributed by atoms with Gasteiger partial charge >= 0.3 is 0 Å². The summed E-state index contributed by atoms with van der Waals surface area (Å²) in [6.07, 6.45) is 0.583. The van der Waals surface area contributed by atoms with Crippen LogP contribution in [0.3, 0.4) is 0 Å². The summed E-state index contributed by atoms with van der Waals surface area (Å²) in [5.41, 5.74) is 2.37. The van der Waals surface area contributed by atoms with Crippen LogP contribution in [0.5, 0.6) is 0 Å². The van der Waals surface area contributed by atoms with Gasteiger partial charge in [-0.25, -0.2) is 0 Å². The van der Waals surface area contributed by atoms with E-state index in [-0.39, 0.29) is 0 Å². The Kier molecular flexibility index (Phi) is 4.74. The van der Waals surface area contributed by atoms with Crippen molar-refractivity contribution in [2.45, 2.75) is 20.3 Å². The molecule has 2 heteroatoms. The lowest BCUT2D eigenvalue weighted by molar-refractivity contribution is -0.116. The summed E-state index contributed by atoms with van der Waals surface area (Å²) in [7, 11) is 0. The van der Waals surface area contributed by atoms with Gasteiger partial charge in [0.15, 0.2) is 0 Å². The summed E-state index contributed by atoms with van der Waals surface area (Å²) in [5.74, 6) is 1.98. The van der Waals surface area contributed by atoms with Gasteiger partial charge in [0, 0.05) is 6.42 Å². The Bertz CT molecular complexity index is 307. The van der Waals surface area contributed by atoms with E-state index in [1.807, 2.05) is 18.2 Å². The highest BCUT2D eigenvalue weighted by Crippen LogP contribution is 2.09. The molecule has 0 atom stereocenters. The molecule has 1 aromatic carbocycles. The summed E-state index contributed by atoms with van der Waals surface area (Å²) in [4.78, 5) is 11.5. The standard InChI is InChI=1S/C12H16OS/c1-3-14-9-12(13)8-11-7-5-4-6-10(11)2/h4-7H,3,8-9H2,1-2H3. The van der Waals surface area contributed by atoms with E-state index in [1.54, 1.807) is 11.8 Å². The third-order valence-corrected chi connectivity index (χ3v) is 3.05. The van der Waals surface area contributed by atoms with Crippen molar-refractivity contribution < 1.29 is 4.79 Å². The van der Waals surface area contributed by atoms with Gasteiger partial charge in [-0.1, -0.05) is 31.2 Å². The Hall–Kier alpha value is -0.760. The fraction of sp³-hybridized carbons (Fsp3) is 0.417. The zero-order chi connectivity index (χ0) is 10.4. The first kappa shape index (κ1) is 11.3. The molecular formula is C12H16OS. The number of hydrogen-bond acceptors (Lipinski definition) is 2. The van der Waals surface area contributed by atoms with E-state index < -0.39 is 0 Å². The van der Waals surface area contributed by atoms with Crippen LogP contribution in [0.25, 0.3) is 0 Å². The molecule has 0 saturated carbocycles. The summed E-state index contributed by atoms with van der Waals surface area (Å²) >= 11 is 1.69. The van der Waals surface area contributed by atoms with Gasteiger partial charge in [-0.3, -0.25) is 4.79 Å². The van der Waals surface area contributed by atoms with Crippen LogP contribution < -0.4 is 0 Å². The number of aryl methyl sites for hydroxylation is 1. The van der Waals surface area contributed by atoms with Gasteiger partial charge < -0.3 is 0 Å². The van der Waals surface area contributed by atoms with E-state index >= 15 is 0 Å². The second-order valence-electron chi connectivity index (χ2n) is 3.28. The van der Waals surface area contributed by atoms with E-state index in [9.17, 15) is 4.79 Å². The molecule has 0 aromatic heterocycles. The predicted molar refractivity (Wildman–Crippen MR) is 62.9 cm³/mol.